The average molecular weight is 317 g/mol. The Labute approximate surface area is 136 Å². The molecule has 124 valence electrons. The van der Waals surface area contributed by atoms with Crippen LogP contribution in [0.4, 0.5) is 0 Å². The predicted octanol–water partition coefficient (Wildman–Crippen LogP) is 2.44. The highest BCUT2D eigenvalue weighted by molar-refractivity contribution is 5.89. The highest BCUT2D eigenvalue weighted by Gasteiger charge is 2.48. The van der Waals surface area contributed by atoms with Crippen LogP contribution in [0.5, 0.6) is 5.75 Å². The van der Waals surface area contributed by atoms with Gasteiger partial charge in [0.1, 0.15) is 5.75 Å². The van der Waals surface area contributed by atoms with Crippen molar-refractivity contribution < 1.29 is 19.4 Å². The molecular weight excluding hydrogens is 294 g/mol. The van der Waals surface area contributed by atoms with Crippen LogP contribution in [0.2, 0.25) is 0 Å². The van der Waals surface area contributed by atoms with E-state index in [0.717, 1.165) is 30.6 Å². The zero-order valence-corrected chi connectivity index (χ0v) is 13.5. The number of methoxy groups -OCH3 is 1. The van der Waals surface area contributed by atoms with Gasteiger partial charge in [-0.25, -0.2) is 0 Å². The highest BCUT2D eigenvalue weighted by Crippen LogP contribution is 2.46. The topological polar surface area (TPSA) is 66.8 Å². The summed E-state index contributed by atoms with van der Waals surface area (Å²) in [5, 5.41) is 9.09. The van der Waals surface area contributed by atoms with Crippen molar-refractivity contribution in [2.45, 2.75) is 37.5 Å². The summed E-state index contributed by atoms with van der Waals surface area (Å²) < 4.78 is 5.19. The molecule has 5 heteroatoms. The summed E-state index contributed by atoms with van der Waals surface area (Å²) in [6.45, 7) is 1.10. The molecule has 0 atom stereocenters. The molecule has 1 N–H and O–H groups in total. The summed E-state index contributed by atoms with van der Waals surface area (Å²) in [5.74, 6) is -0.0984. The minimum atomic E-state index is -0.745. The number of aliphatic carboxylic acids is 1. The van der Waals surface area contributed by atoms with Crippen LogP contribution in [-0.4, -0.2) is 42.1 Å². The standard InChI is InChI=1S/C18H23NO4/c1-23-15-5-3-14(4-6-15)18(9-2-10-18)17(22)19-11-7-13(8-12-19)16(20)21/h3-6,13H,2,7-12H2,1H3,(H,20,21). The number of likely N-dealkylation sites (tertiary alicyclic amines) is 1. The quantitative estimate of drug-likeness (QED) is 0.926. The van der Waals surface area contributed by atoms with Crippen LogP contribution >= 0.6 is 0 Å². The molecule has 1 aromatic rings. The second-order valence-corrected chi connectivity index (χ2v) is 6.57. The number of benzene rings is 1. The average Bonchev–Trinajstić information content (AvgIpc) is 2.54. The van der Waals surface area contributed by atoms with Crippen LogP contribution < -0.4 is 4.74 Å². The van der Waals surface area contributed by atoms with Gasteiger partial charge in [0.05, 0.1) is 18.4 Å². The van der Waals surface area contributed by atoms with Crippen LogP contribution in [0.15, 0.2) is 24.3 Å². The van der Waals surface area contributed by atoms with E-state index in [-0.39, 0.29) is 11.8 Å². The molecule has 2 aliphatic rings. The number of amides is 1. The molecule has 1 aliphatic heterocycles. The predicted molar refractivity (Wildman–Crippen MR) is 85.5 cm³/mol. The fraction of sp³-hybridized carbons (Fsp3) is 0.556. The van der Waals surface area contributed by atoms with Gasteiger partial charge < -0.3 is 14.7 Å². The van der Waals surface area contributed by atoms with Crippen molar-refractivity contribution in [1.82, 2.24) is 4.90 Å². The molecule has 0 aromatic heterocycles. The highest BCUT2D eigenvalue weighted by atomic mass is 16.5. The van der Waals surface area contributed by atoms with Crippen LogP contribution in [0.3, 0.4) is 0 Å². The normalized spacial score (nSPS) is 20.7. The third kappa shape index (κ3) is 2.80. The second kappa shape index (κ2) is 6.22. The first-order valence-electron chi connectivity index (χ1n) is 8.23. The Balaban J connectivity index is 1.75. The molecule has 1 amide bonds. The summed E-state index contributed by atoms with van der Waals surface area (Å²) in [6.07, 6.45) is 3.91. The smallest absolute Gasteiger partial charge is 0.306 e. The summed E-state index contributed by atoms with van der Waals surface area (Å²) in [5.41, 5.74) is 0.636. The molecule has 1 aromatic carbocycles. The van der Waals surface area contributed by atoms with E-state index in [0.29, 0.717) is 25.9 Å². The van der Waals surface area contributed by atoms with E-state index in [1.54, 1.807) is 7.11 Å². The molecule has 1 aliphatic carbocycles. The van der Waals surface area contributed by atoms with E-state index in [1.807, 2.05) is 29.2 Å². The lowest BCUT2D eigenvalue weighted by molar-refractivity contribution is -0.148. The summed E-state index contributed by atoms with van der Waals surface area (Å²) in [4.78, 5) is 26.0. The molecule has 1 heterocycles. The van der Waals surface area contributed by atoms with Gasteiger partial charge in [-0.3, -0.25) is 9.59 Å². The van der Waals surface area contributed by atoms with Gasteiger partial charge in [-0.05, 0) is 43.4 Å². The molecule has 1 saturated heterocycles. The van der Waals surface area contributed by atoms with Crippen molar-refractivity contribution >= 4 is 11.9 Å². The second-order valence-electron chi connectivity index (χ2n) is 6.57. The fourth-order valence-electron chi connectivity index (χ4n) is 3.70. The Morgan fingerprint density at radius 1 is 1.17 bits per heavy atom. The molecule has 0 bridgehead atoms. The van der Waals surface area contributed by atoms with Crippen molar-refractivity contribution in [1.29, 1.82) is 0 Å². The number of carboxylic acids is 1. The van der Waals surface area contributed by atoms with Crippen molar-refractivity contribution in [3.63, 3.8) is 0 Å². The molecular formula is C18H23NO4. The number of carbonyl (C=O) groups is 2. The number of hydrogen-bond donors (Lipinski definition) is 1. The molecule has 1 saturated carbocycles. The van der Waals surface area contributed by atoms with Crippen molar-refractivity contribution in [3.05, 3.63) is 29.8 Å². The maximum atomic E-state index is 13.1. The Kier molecular flexibility index (Phi) is 4.28. The molecule has 5 nitrogen and oxygen atoms in total. The van der Waals surface area contributed by atoms with Crippen molar-refractivity contribution in [2.75, 3.05) is 20.2 Å². The third-order valence-corrected chi connectivity index (χ3v) is 5.39. The van der Waals surface area contributed by atoms with E-state index in [2.05, 4.69) is 0 Å². The lowest BCUT2D eigenvalue weighted by Crippen LogP contribution is -2.53. The van der Waals surface area contributed by atoms with E-state index < -0.39 is 11.4 Å². The monoisotopic (exact) mass is 317 g/mol. The van der Waals surface area contributed by atoms with Gasteiger partial charge >= 0.3 is 5.97 Å². The minimum absolute atomic E-state index is 0.165. The third-order valence-electron chi connectivity index (χ3n) is 5.39. The number of rotatable bonds is 4. The zero-order valence-electron chi connectivity index (χ0n) is 13.5. The molecule has 2 fully saturated rings. The first-order chi connectivity index (χ1) is 11.1. The lowest BCUT2D eigenvalue weighted by atomic mass is 9.63. The van der Waals surface area contributed by atoms with Crippen LogP contribution in [0.25, 0.3) is 0 Å². The largest absolute Gasteiger partial charge is 0.497 e. The summed E-state index contributed by atoms with van der Waals surface area (Å²) in [7, 11) is 1.63. The van der Waals surface area contributed by atoms with Gasteiger partial charge in [0.2, 0.25) is 5.91 Å². The number of piperidine rings is 1. The van der Waals surface area contributed by atoms with Gasteiger partial charge in [0.25, 0.3) is 0 Å². The molecule has 23 heavy (non-hydrogen) atoms. The Morgan fingerprint density at radius 3 is 2.22 bits per heavy atom. The zero-order chi connectivity index (χ0) is 16.4. The van der Waals surface area contributed by atoms with E-state index >= 15 is 0 Å². The number of hydrogen-bond acceptors (Lipinski definition) is 3. The summed E-state index contributed by atoms with van der Waals surface area (Å²) >= 11 is 0. The van der Waals surface area contributed by atoms with Gasteiger partial charge in [0.15, 0.2) is 0 Å². The first-order valence-corrected chi connectivity index (χ1v) is 8.23. The Bertz CT molecular complexity index is 584. The molecule has 0 unspecified atom stereocenters. The number of nitrogens with zero attached hydrogens (tertiary/aromatic N) is 1. The first kappa shape index (κ1) is 15.8. The van der Waals surface area contributed by atoms with Crippen molar-refractivity contribution in [3.8, 4) is 5.75 Å². The maximum absolute atomic E-state index is 13.1. The van der Waals surface area contributed by atoms with Crippen LogP contribution in [0, 0.1) is 5.92 Å². The Hall–Kier alpha value is -2.04. The van der Waals surface area contributed by atoms with Crippen LogP contribution in [-0.2, 0) is 15.0 Å². The molecule has 3 rings (SSSR count). The van der Waals surface area contributed by atoms with Gasteiger partial charge in [-0.2, -0.15) is 0 Å². The van der Waals surface area contributed by atoms with Gasteiger partial charge in [-0.15, -0.1) is 0 Å². The SMILES string of the molecule is COc1ccc(C2(C(=O)N3CCC(C(=O)O)CC3)CCC2)cc1. The molecule has 0 spiro atoms. The van der Waals surface area contributed by atoms with Crippen molar-refractivity contribution in [2.24, 2.45) is 5.92 Å². The molecule has 0 radical (unpaired) electrons. The van der Waals surface area contributed by atoms with Crippen LogP contribution in [0.1, 0.15) is 37.7 Å². The number of carboxylic acid groups (broad SMARTS) is 1. The van der Waals surface area contributed by atoms with E-state index in [1.165, 1.54) is 0 Å². The summed E-state index contributed by atoms with van der Waals surface area (Å²) in [6, 6.07) is 7.78. The van der Waals surface area contributed by atoms with Gasteiger partial charge in [-0.1, -0.05) is 18.6 Å². The number of ether oxygens (including phenoxy) is 1. The number of carbonyl (C=O) groups excluding carboxylic acids is 1. The minimum Gasteiger partial charge on any atom is -0.497 e. The van der Waals surface area contributed by atoms with E-state index in [4.69, 9.17) is 9.84 Å². The fourth-order valence-corrected chi connectivity index (χ4v) is 3.70. The van der Waals surface area contributed by atoms with E-state index in [9.17, 15) is 9.59 Å². The maximum Gasteiger partial charge on any atom is 0.306 e. The lowest BCUT2D eigenvalue weighted by Gasteiger charge is -2.45. The Morgan fingerprint density at radius 2 is 1.78 bits per heavy atom. The van der Waals surface area contributed by atoms with Gasteiger partial charge in [0, 0.05) is 13.1 Å².